The largest absolute Gasteiger partial charge is 0.446 e. The van der Waals surface area contributed by atoms with E-state index in [0.717, 1.165) is 25.7 Å². The smallest absolute Gasteiger partial charge is 0.407 e. The Bertz CT molecular complexity index is 514. The van der Waals surface area contributed by atoms with Gasteiger partial charge in [-0.2, -0.15) is 11.8 Å². The van der Waals surface area contributed by atoms with Crippen LogP contribution in [0.5, 0.6) is 0 Å². The number of hydrogen-bond acceptors (Lipinski definition) is 8. The summed E-state index contributed by atoms with van der Waals surface area (Å²) in [6.45, 7) is 4.81. The molecule has 0 unspecified atom stereocenters. The van der Waals surface area contributed by atoms with E-state index in [-0.39, 0.29) is 36.7 Å². The van der Waals surface area contributed by atoms with Gasteiger partial charge in [-0.25, -0.2) is 4.79 Å². The molecule has 180 valence electrons. The van der Waals surface area contributed by atoms with Gasteiger partial charge in [0.25, 0.3) is 0 Å². The van der Waals surface area contributed by atoms with Crippen LogP contribution < -0.4 is 10.6 Å². The van der Waals surface area contributed by atoms with E-state index in [4.69, 9.17) is 18.9 Å². The highest BCUT2D eigenvalue weighted by Crippen LogP contribution is 2.28. The first kappa shape index (κ1) is 27.7. The second-order valence-electron chi connectivity index (χ2n) is 7.36. The number of ketones is 1. The summed E-state index contributed by atoms with van der Waals surface area (Å²) in [5.74, 6) is -0.140. The first-order valence-electron chi connectivity index (χ1n) is 11.0. The van der Waals surface area contributed by atoms with Crippen LogP contribution in [0.2, 0.25) is 0 Å². The van der Waals surface area contributed by atoms with Crippen LogP contribution >= 0.6 is 11.8 Å². The highest BCUT2D eigenvalue weighted by molar-refractivity contribution is 7.99. The Morgan fingerprint density at radius 2 is 1.35 bits per heavy atom. The summed E-state index contributed by atoms with van der Waals surface area (Å²) in [5, 5.41) is 6.09. The van der Waals surface area contributed by atoms with Gasteiger partial charge < -0.3 is 34.4 Å². The number of thioether (sulfide) groups is 1. The zero-order chi connectivity index (χ0) is 22.7. The molecule has 1 aliphatic rings. The predicted octanol–water partition coefficient (Wildman–Crippen LogP) is 1.92. The lowest BCUT2D eigenvalue weighted by atomic mass is 9.97. The number of rotatable bonds is 17. The average molecular weight is 463 g/mol. The molecule has 1 fully saturated rings. The summed E-state index contributed by atoms with van der Waals surface area (Å²) in [5.41, 5.74) is 0. The van der Waals surface area contributed by atoms with Gasteiger partial charge >= 0.3 is 6.09 Å². The minimum absolute atomic E-state index is 0.00501. The minimum Gasteiger partial charge on any atom is -0.446 e. The topological polar surface area (TPSA) is 112 Å². The van der Waals surface area contributed by atoms with Gasteiger partial charge in [0.15, 0.2) is 0 Å². The van der Waals surface area contributed by atoms with Crippen LogP contribution in [0.15, 0.2) is 0 Å². The van der Waals surface area contributed by atoms with Gasteiger partial charge in [-0.15, -0.1) is 0 Å². The molecule has 0 aromatic rings. The molecule has 0 radical (unpaired) electrons. The second-order valence-corrected chi connectivity index (χ2v) is 8.49. The summed E-state index contributed by atoms with van der Waals surface area (Å²) in [7, 11) is 0. The van der Waals surface area contributed by atoms with Gasteiger partial charge in [0.1, 0.15) is 11.9 Å². The number of Topliss-reactive ketones (excluding diaryl/α,β-unsaturated/α-hetero) is 1. The number of carbonyl (C=O) groups is 3. The zero-order valence-electron chi connectivity index (χ0n) is 18.8. The lowest BCUT2D eigenvalue weighted by Crippen LogP contribution is -2.33. The van der Waals surface area contributed by atoms with Gasteiger partial charge in [-0.3, -0.25) is 4.79 Å². The van der Waals surface area contributed by atoms with Gasteiger partial charge in [0, 0.05) is 31.2 Å². The standard InChI is InChI=1S/C21H38N2O7S/c1-17(24)3-8-20(25)22-9-11-27-13-15-29-16-14-28-12-10-23-21(26)30-18-4-6-19(31-2)7-5-18/h18-19H,3-16H2,1-2H3,(H,22,25)(H,23,26). The van der Waals surface area contributed by atoms with Crippen molar-refractivity contribution in [1.29, 1.82) is 0 Å². The van der Waals surface area contributed by atoms with Crippen LogP contribution in [-0.4, -0.2) is 88.1 Å². The highest BCUT2D eigenvalue weighted by atomic mass is 32.2. The Balaban J connectivity index is 1.80. The van der Waals surface area contributed by atoms with Crippen LogP contribution in [-0.2, 0) is 28.5 Å². The van der Waals surface area contributed by atoms with Crippen molar-refractivity contribution in [3.05, 3.63) is 0 Å². The fraction of sp³-hybridized carbons (Fsp3) is 0.857. The molecule has 1 aliphatic carbocycles. The summed E-state index contributed by atoms with van der Waals surface area (Å²) < 4.78 is 21.6. The fourth-order valence-electron chi connectivity index (χ4n) is 2.99. The van der Waals surface area contributed by atoms with Crippen molar-refractivity contribution in [2.75, 3.05) is 59.0 Å². The normalized spacial score (nSPS) is 18.4. The van der Waals surface area contributed by atoms with Crippen LogP contribution in [0, 0.1) is 0 Å². The quantitative estimate of drug-likeness (QED) is 0.315. The Kier molecular flexibility index (Phi) is 16.3. The van der Waals surface area contributed by atoms with Crippen molar-refractivity contribution in [1.82, 2.24) is 10.6 Å². The molecule has 0 spiro atoms. The molecule has 0 aliphatic heterocycles. The number of ether oxygens (including phenoxy) is 4. The predicted molar refractivity (Wildman–Crippen MR) is 119 cm³/mol. The number of carbonyl (C=O) groups excluding carboxylic acids is 3. The van der Waals surface area contributed by atoms with E-state index in [0.29, 0.717) is 58.0 Å². The average Bonchev–Trinajstić information content (AvgIpc) is 2.76. The summed E-state index contributed by atoms with van der Waals surface area (Å²) in [6.07, 6.45) is 6.35. The number of alkyl carbamates (subject to hydrolysis) is 1. The molecule has 0 aromatic heterocycles. The molecule has 1 saturated carbocycles. The molecule has 1 rings (SSSR count). The van der Waals surface area contributed by atoms with Crippen molar-refractivity contribution in [2.24, 2.45) is 0 Å². The van der Waals surface area contributed by atoms with Crippen LogP contribution in [0.4, 0.5) is 4.79 Å². The zero-order valence-corrected chi connectivity index (χ0v) is 19.6. The highest BCUT2D eigenvalue weighted by Gasteiger charge is 2.23. The molecular formula is C21H38N2O7S. The molecule has 2 N–H and O–H groups in total. The molecule has 0 atom stereocenters. The van der Waals surface area contributed by atoms with E-state index in [9.17, 15) is 14.4 Å². The van der Waals surface area contributed by atoms with E-state index in [1.54, 1.807) is 0 Å². The Morgan fingerprint density at radius 1 is 0.806 bits per heavy atom. The third-order valence-corrected chi connectivity index (χ3v) is 5.90. The van der Waals surface area contributed by atoms with Gasteiger partial charge in [-0.1, -0.05) is 0 Å². The number of nitrogens with one attached hydrogen (secondary N) is 2. The van der Waals surface area contributed by atoms with E-state index in [1.807, 2.05) is 11.8 Å². The summed E-state index contributed by atoms with van der Waals surface area (Å²) >= 11 is 1.89. The molecule has 9 nitrogen and oxygen atoms in total. The molecule has 31 heavy (non-hydrogen) atoms. The van der Waals surface area contributed by atoms with E-state index in [1.165, 1.54) is 6.92 Å². The van der Waals surface area contributed by atoms with Gasteiger partial charge in [-0.05, 0) is 38.9 Å². The first-order valence-corrected chi connectivity index (χ1v) is 12.3. The Hall–Kier alpha value is -1.36. The second kappa shape index (κ2) is 18.2. The maximum atomic E-state index is 11.8. The van der Waals surface area contributed by atoms with Gasteiger partial charge in [0.05, 0.1) is 39.6 Å². The minimum atomic E-state index is -0.375. The number of hydrogen-bond donors (Lipinski definition) is 2. The van der Waals surface area contributed by atoms with Gasteiger partial charge in [0.2, 0.25) is 5.91 Å². The van der Waals surface area contributed by atoms with E-state index >= 15 is 0 Å². The maximum Gasteiger partial charge on any atom is 0.407 e. The molecule has 0 saturated heterocycles. The lowest BCUT2D eigenvalue weighted by molar-refractivity contribution is -0.124. The molecule has 0 heterocycles. The third-order valence-electron chi connectivity index (χ3n) is 4.76. The van der Waals surface area contributed by atoms with Crippen molar-refractivity contribution in [3.63, 3.8) is 0 Å². The Labute approximate surface area is 189 Å². The van der Waals surface area contributed by atoms with Crippen LogP contribution in [0.25, 0.3) is 0 Å². The Morgan fingerprint density at radius 3 is 1.90 bits per heavy atom. The SMILES string of the molecule is CSC1CCC(OC(=O)NCCOCCOCCOCCNC(=O)CCC(C)=O)CC1. The van der Waals surface area contributed by atoms with Crippen LogP contribution in [0.1, 0.15) is 45.4 Å². The van der Waals surface area contributed by atoms with E-state index in [2.05, 4.69) is 16.9 Å². The summed E-state index contributed by atoms with van der Waals surface area (Å²) in [6, 6.07) is 0. The summed E-state index contributed by atoms with van der Waals surface area (Å²) in [4.78, 5) is 33.9. The molecular weight excluding hydrogens is 424 g/mol. The fourth-order valence-corrected chi connectivity index (χ4v) is 3.73. The molecule has 10 heteroatoms. The molecule has 0 bridgehead atoms. The van der Waals surface area contributed by atoms with Crippen molar-refractivity contribution in [2.45, 2.75) is 56.8 Å². The number of amides is 2. The third kappa shape index (κ3) is 16.0. The first-order chi connectivity index (χ1) is 15.0. The van der Waals surface area contributed by atoms with Crippen LogP contribution in [0.3, 0.4) is 0 Å². The molecule has 2 amide bonds. The van der Waals surface area contributed by atoms with E-state index < -0.39 is 0 Å². The maximum absolute atomic E-state index is 11.8. The molecule has 0 aromatic carbocycles. The van der Waals surface area contributed by atoms with Crippen molar-refractivity contribution < 1.29 is 33.3 Å². The van der Waals surface area contributed by atoms with Crippen molar-refractivity contribution in [3.8, 4) is 0 Å². The van der Waals surface area contributed by atoms with Crippen molar-refractivity contribution >= 4 is 29.5 Å². The monoisotopic (exact) mass is 462 g/mol. The lowest BCUT2D eigenvalue weighted by Gasteiger charge is -2.27.